The summed E-state index contributed by atoms with van der Waals surface area (Å²) in [4.78, 5) is 59.9. The molecule has 5 aliphatic rings. The second-order valence-electron chi connectivity index (χ2n) is 25.6. The van der Waals surface area contributed by atoms with E-state index in [1.165, 1.54) is 24.8 Å². The lowest BCUT2D eigenvalue weighted by Gasteiger charge is -2.46. The first-order chi connectivity index (χ1) is 37.4. The number of halogens is 4. The third kappa shape index (κ3) is 12.9. The van der Waals surface area contributed by atoms with Gasteiger partial charge in [0, 0.05) is 94.6 Å². The summed E-state index contributed by atoms with van der Waals surface area (Å²) in [7, 11) is 0.249. The number of ether oxygens (including phenoxy) is 3. The van der Waals surface area contributed by atoms with Crippen LogP contribution in [-0.2, 0) is 48.8 Å². The SMILES string of the molecule is COc1ccc([C@]2(CCN(Cc3ccc(C4=CC[C@H](C(=O)N5CCC(Nc6ccc7c8c6CCCn8c(=O)n7C6CCC(=O)N(COCC[Si](C)(C)C)C6=O)CC5)CC4)c(F)c3)CC(C)(C)C(F)(F)F)CCOC(C)(C)C2)cc1. The highest BCUT2D eigenvalue weighted by atomic mass is 28.3. The van der Waals surface area contributed by atoms with Gasteiger partial charge in [0.05, 0.1) is 29.2 Å². The first-order valence-electron chi connectivity index (χ1n) is 28.7. The number of anilines is 1. The van der Waals surface area contributed by atoms with Crippen molar-refractivity contribution in [1.82, 2.24) is 23.8 Å². The summed E-state index contributed by atoms with van der Waals surface area (Å²) in [5.41, 5.74) is 3.46. The van der Waals surface area contributed by atoms with Gasteiger partial charge in [0.2, 0.25) is 11.8 Å². The number of amides is 3. The fraction of sp³-hybridized carbons (Fsp3) is 0.607. The molecule has 0 bridgehead atoms. The standard InChI is InChI=1S/C61H82F4N6O7Si/c1-58(2,61(63,64)65)39-67(32-27-60(28-33-78-59(3,4)38-60)44-16-18-46(76-5)19-17-44)37-41-11-20-47(49(62)36-41)42-12-14-43(15-13-42)55(73)68-30-25-45(26-31-68)66-50-21-22-51-54-48(50)10-9-29-69(54)57(75)71(51)52-23-24-53(72)70(56(52)74)40-77-34-35-79(6,7)8/h11-12,16-22,36,43,45,52,66H,9-10,13-15,23-35,37-40H2,1-8H3/t43-,52?,60+/m0/s1. The molecule has 1 aliphatic carbocycles. The van der Waals surface area contributed by atoms with Crippen LogP contribution in [0.5, 0.6) is 5.75 Å². The van der Waals surface area contributed by atoms with Crippen LogP contribution in [-0.4, -0.2) is 121 Å². The summed E-state index contributed by atoms with van der Waals surface area (Å²) in [6, 6.07) is 17.1. The quantitative estimate of drug-likeness (QED) is 0.0422. The van der Waals surface area contributed by atoms with Crippen LogP contribution in [0.1, 0.15) is 127 Å². The molecular weight excluding hydrogens is 1030 g/mol. The van der Waals surface area contributed by atoms with Crippen LogP contribution in [0.4, 0.5) is 23.2 Å². The van der Waals surface area contributed by atoms with Gasteiger partial charge in [0.25, 0.3) is 5.91 Å². The number of aryl methyl sites for hydroxylation is 2. The molecule has 9 rings (SSSR count). The van der Waals surface area contributed by atoms with E-state index in [2.05, 4.69) is 50.9 Å². The van der Waals surface area contributed by atoms with E-state index in [0.717, 1.165) is 71.8 Å². The fourth-order valence-corrected chi connectivity index (χ4v) is 13.7. The number of rotatable bonds is 19. The van der Waals surface area contributed by atoms with Gasteiger partial charge in [-0.1, -0.05) is 50.0 Å². The zero-order valence-electron chi connectivity index (χ0n) is 47.7. The molecule has 3 amide bonds. The Morgan fingerprint density at radius 1 is 0.937 bits per heavy atom. The van der Waals surface area contributed by atoms with Gasteiger partial charge in [-0.05, 0) is 158 Å². The largest absolute Gasteiger partial charge is 0.497 e. The zero-order chi connectivity index (χ0) is 56.7. The van der Waals surface area contributed by atoms with Crippen molar-refractivity contribution in [3.63, 3.8) is 0 Å². The second-order valence-corrected chi connectivity index (χ2v) is 31.2. The first-order valence-corrected chi connectivity index (χ1v) is 32.4. The second kappa shape index (κ2) is 23.3. The molecule has 0 spiro atoms. The van der Waals surface area contributed by atoms with Crippen LogP contribution in [0.25, 0.3) is 16.6 Å². The number of carbonyl (C=O) groups is 3. The number of allylic oxidation sites excluding steroid dienone is 2. The van der Waals surface area contributed by atoms with Gasteiger partial charge < -0.3 is 24.4 Å². The van der Waals surface area contributed by atoms with Crippen molar-refractivity contribution >= 4 is 48.1 Å². The Morgan fingerprint density at radius 3 is 2.34 bits per heavy atom. The normalized spacial score (nSPS) is 22.4. The van der Waals surface area contributed by atoms with E-state index in [9.17, 15) is 32.3 Å². The molecule has 3 atom stereocenters. The van der Waals surface area contributed by atoms with Gasteiger partial charge in [0.1, 0.15) is 24.3 Å². The van der Waals surface area contributed by atoms with Crippen molar-refractivity contribution in [2.45, 2.75) is 173 Å². The van der Waals surface area contributed by atoms with Crippen molar-refractivity contribution in [1.29, 1.82) is 0 Å². The topological polar surface area (TPSA) is 128 Å². The number of alkyl halides is 3. The molecular formula is C61H82F4N6O7Si. The van der Waals surface area contributed by atoms with Crippen LogP contribution >= 0.6 is 0 Å². The average Bonchev–Trinajstić information content (AvgIpc) is 3.87. The van der Waals surface area contributed by atoms with E-state index < -0.39 is 43.0 Å². The van der Waals surface area contributed by atoms with E-state index in [-0.39, 0.29) is 67.5 Å². The zero-order valence-corrected chi connectivity index (χ0v) is 48.7. The molecule has 3 fully saturated rings. The Kier molecular flexibility index (Phi) is 17.2. The van der Waals surface area contributed by atoms with Crippen molar-refractivity contribution < 1.29 is 46.2 Å². The van der Waals surface area contributed by atoms with Gasteiger partial charge in [-0.3, -0.25) is 33.3 Å². The fourth-order valence-electron chi connectivity index (χ4n) is 13.0. The summed E-state index contributed by atoms with van der Waals surface area (Å²) >= 11 is 0. The summed E-state index contributed by atoms with van der Waals surface area (Å²) in [5, 5.41) is 3.76. The predicted molar refractivity (Wildman–Crippen MR) is 302 cm³/mol. The Hall–Kier alpha value is -5.30. The molecule has 430 valence electrons. The highest BCUT2D eigenvalue weighted by Crippen LogP contribution is 2.46. The number of carbonyl (C=O) groups excluding carboxylic acids is 3. The maximum Gasteiger partial charge on any atom is 0.395 e. The Morgan fingerprint density at radius 2 is 1.68 bits per heavy atom. The van der Waals surface area contributed by atoms with E-state index in [1.54, 1.807) is 22.3 Å². The minimum absolute atomic E-state index is 0.0991. The molecule has 1 aromatic heterocycles. The molecule has 18 heteroatoms. The average molecular weight is 1120 g/mol. The minimum Gasteiger partial charge on any atom is -0.497 e. The summed E-state index contributed by atoms with van der Waals surface area (Å²) in [5.74, 6) is -0.505. The van der Waals surface area contributed by atoms with Crippen LogP contribution < -0.4 is 15.7 Å². The van der Waals surface area contributed by atoms with Gasteiger partial charge in [-0.25, -0.2) is 9.18 Å². The van der Waals surface area contributed by atoms with Crippen LogP contribution in [0.15, 0.2) is 65.5 Å². The number of nitrogens with zero attached hydrogens (tertiary/aromatic N) is 5. The number of hydrogen-bond acceptors (Lipinski definition) is 9. The number of nitrogens with one attached hydrogen (secondary N) is 1. The van der Waals surface area contributed by atoms with Crippen molar-refractivity contribution in [3.05, 3.63) is 99.2 Å². The lowest BCUT2D eigenvalue weighted by Crippen LogP contribution is -2.48. The molecule has 13 nitrogen and oxygen atoms in total. The number of likely N-dealkylation sites (tertiary alicyclic amines) is 2. The lowest BCUT2D eigenvalue weighted by atomic mass is 9.67. The summed E-state index contributed by atoms with van der Waals surface area (Å²) in [6.07, 6.45) is 4.58. The predicted octanol–water partition coefficient (Wildman–Crippen LogP) is 11.5. The van der Waals surface area contributed by atoms with Gasteiger partial charge in [0.15, 0.2) is 0 Å². The molecule has 5 heterocycles. The highest BCUT2D eigenvalue weighted by Gasteiger charge is 2.49. The summed E-state index contributed by atoms with van der Waals surface area (Å²) < 4.78 is 80.4. The maximum absolute atomic E-state index is 16.2. The third-order valence-corrected chi connectivity index (χ3v) is 19.3. The van der Waals surface area contributed by atoms with Crippen LogP contribution in [0, 0.1) is 17.2 Å². The maximum atomic E-state index is 16.2. The van der Waals surface area contributed by atoms with Gasteiger partial charge in [-0.15, -0.1) is 0 Å². The molecule has 1 unspecified atom stereocenters. The van der Waals surface area contributed by atoms with E-state index >= 15 is 4.39 Å². The van der Waals surface area contributed by atoms with Crippen LogP contribution in [0.2, 0.25) is 25.7 Å². The van der Waals surface area contributed by atoms with Gasteiger partial charge >= 0.3 is 11.9 Å². The molecule has 4 aliphatic heterocycles. The molecule has 4 aromatic rings. The van der Waals surface area contributed by atoms with E-state index in [1.807, 2.05) is 46.2 Å². The molecule has 3 aromatic carbocycles. The molecule has 79 heavy (non-hydrogen) atoms. The number of aromatic nitrogens is 2. The Labute approximate surface area is 464 Å². The highest BCUT2D eigenvalue weighted by molar-refractivity contribution is 6.76. The summed E-state index contributed by atoms with van der Waals surface area (Å²) in [6.45, 7) is 16.2. The third-order valence-electron chi connectivity index (χ3n) is 17.6. The Balaban J connectivity index is 0.813. The van der Waals surface area contributed by atoms with E-state index in [0.29, 0.717) is 88.1 Å². The number of methoxy groups -OCH3 is 1. The number of imide groups is 1. The molecule has 3 saturated heterocycles. The number of imidazole rings is 1. The number of piperidine rings is 2. The molecule has 0 radical (unpaired) electrons. The first kappa shape index (κ1) is 58.4. The number of hydrogen-bond donors (Lipinski definition) is 1. The molecule has 1 N–H and O–H groups in total. The van der Waals surface area contributed by atoms with Crippen molar-refractivity contribution in [2.75, 3.05) is 58.6 Å². The van der Waals surface area contributed by atoms with Crippen molar-refractivity contribution in [3.8, 4) is 5.75 Å². The Bertz CT molecular complexity index is 2970. The monoisotopic (exact) mass is 1110 g/mol. The van der Waals surface area contributed by atoms with E-state index in [4.69, 9.17) is 14.2 Å². The van der Waals surface area contributed by atoms with Crippen molar-refractivity contribution in [2.24, 2.45) is 11.3 Å². The lowest BCUT2D eigenvalue weighted by molar-refractivity contribution is -0.217. The van der Waals surface area contributed by atoms with Crippen LogP contribution in [0.3, 0.4) is 0 Å². The number of benzene rings is 3. The molecule has 0 saturated carbocycles. The minimum atomic E-state index is -4.44. The van der Waals surface area contributed by atoms with Gasteiger partial charge in [-0.2, -0.15) is 13.2 Å². The smallest absolute Gasteiger partial charge is 0.395 e.